The Kier molecular flexibility index (Phi) is 8.39. The minimum atomic E-state index is -0.178. The first-order valence-electron chi connectivity index (χ1n) is 9.44. The maximum Gasteiger partial charge on any atom is 0.123 e. The summed E-state index contributed by atoms with van der Waals surface area (Å²) in [7, 11) is 1.66. The van der Waals surface area contributed by atoms with Gasteiger partial charge in [0.15, 0.2) is 0 Å². The van der Waals surface area contributed by atoms with E-state index in [2.05, 4.69) is 11.8 Å². The van der Waals surface area contributed by atoms with Crippen molar-refractivity contribution in [1.29, 1.82) is 0 Å². The molecule has 2 aromatic rings. The Balaban J connectivity index is 0.00000261. The van der Waals surface area contributed by atoms with Crippen molar-refractivity contribution in [2.45, 2.75) is 25.7 Å². The zero-order chi connectivity index (χ0) is 18.4. The highest BCUT2D eigenvalue weighted by Crippen LogP contribution is 2.34. The lowest BCUT2D eigenvalue weighted by Crippen LogP contribution is -2.42. The second-order valence-corrected chi connectivity index (χ2v) is 6.99. The minimum absolute atomic E-state index is 0. The fraction of sp³-hybridized carbons (Fsp3) is 0.455. The molecule has 0 saturated carbocycles. The molecule has 148 valence electrons. The highest BCUT2D eigenvalue weighted by atomic mass is 35.5. The molecule has 2 atom stereocenters. The van der Waals surface area contributed by atoms with E-state index in [-0.39, 0.29) is 18.2 Å². The zero-order valence-corrected chi connectivity index (χ0v) is 16.9. The van der Waals surface area contributed by atoms with Gasteiger partial charge >= 0.3 is 0 Å². The quantitative estimate of drug-likeness (QED) is 0.649. The molecule has 3 rings (SSSR count). The molecular formula is C22H29ClFNO2. The van der Waals surface area contributed by atoms with Gasteiger partial charge in [-0.1, -0.05) is 19.1 Å². The first-order chi connectivity index (χ1) is 12.7. The van der Waals surface area contributed by atoms with E-state index in [1.807, 2.05) is 36.4 Å². The van der Waals surface area contributed by atoms with Crippen LogP contribution in [0.1, 0.15) is 31.2 Å². The number of likely N-dealkylation sites (tertiary alicyclic amines) is 1. The largest absolute Gasteiger partial charge is 0.497 e. The Bertz CT molecular complexity index is 678. The maximum absolute atomic E-state index is 13.3. The van der Waals surface area contributed by atoms with Crippen molar-refractivity contribution in [3.63, 3.8) is 0 Å². The molecule has 1 saturated heterocycles. The van der Waals surface area contributed by atoms with Gasteiger partial charge in [-0.15, -0.1) is 12.4 Å². The van der Waals surface area contributed by atoms with E-state index >= 15 is 0 Å². The van der Waals surface area contributed by atoms with Crippen LogP contribution in [0.4, 0.5) is 4.39 Å². The van der Waals surface area contributed by atoms with Crippen LogP contribution in [0.25, 0.3) is 0 Å². The number of hydrogen-bond acceptors (Lipinski definition) is 3. The number of methoxy groups -OCH3 is 1. The first-order valence-corrected chi connectivity index (χ1v) is 9.44. The molecule has 5 heteroatoms. The number of piperidine rings is 1. The maximum atomic E-state index is 13.3. The lowest BCUT2D eigenvalue weighted by Gasteiger charge is -2.38. The van der Waals surface area contributed by atoms with E-state index in [9.17, 15) is 4.39 Å². The van der Waals surface area contributed by atoms with Crippen molar-refractivity contribution in [3.05, 3.63) is 59.9 Å². The number of ether oxygens (including phenoxy) is 2. The third-order valence-corrected chi connectivity index (χ3v) is 5.18. The van der Waals surface area contributed by atoms with Crippen molar-refractivity contribution in [1.82, 2.24) is 4.90 Å². The summed E-state index contributed by atoms with van der Waals surface area (Å²) in [6.45, 7) is 6.11. The summed E-state index contributed by atoms with van der Waals surface area (Å²) >= 11 is 0. The summed E-state index contributed by atoms with van der Waals surface area (Å²) in [6.07, 6.45) is 2.25. The Morgan fingerprint density at radius 2 is 1.70 bits per heavy atom. The topological polar surface area (TPSA) is 21.7 Å². The van der Waals surface area contributed by atoms with Gasteiger partial charge in [-0.2, -0.15) is 0 Å². The molecule has 0 radical (unpaired) electrons. The predicted molar refractivity (Wildman–Crippen MR) is 110 cm³/mol. The fourth-order valence-electron chi connectivity index (χ4n) is 3.82. The molecule has 1 aliphatic rings. The van der Waals surface area contributed by atoms with E-state index in [0.29, 0.717) is 18.4 Å². The highest BCUT2D eigenvalue weighted by molar-refractivity contribution is 5.85. The fourth-order valence-corrected chi connectivity index (χ4v) is 3.82. The summed E-state index contributed by atoms with van der Waals surface area (Å²) in [6, 6.07) is 14.7. The van der Waals surface area contributed by atoms with E-state index in [1.54, 1.807) is 19.2 Å². The smallest absolute Gasteiger partial charge is 0.123 e. The number of halogens is 2. The Labute approximate surface area is 167 Å². The molecule has 0 amide bonds. The third-order valence-electron chi connectivity index (χ3n) is 5.18. The number of nitrogens with zero attached hydrogens (tertiary/aromatic N) is 1. The van der Waals surface area contributed by atoms with E-state index in [0.717, 1.165) is 44.0 Å². The van der Waals surface area contributed by atoms with Crippen LogP contribution in [-0.4, -0.2) is 38.3 Å². The van der Waals surface area contributed by atoms with Crippen molar-refractivity contribution in [2.24, 2.45) is 5.92 Å². The summed E-state index contributed by atoms with van der Waals surface area (Å²) in [5, 5.41) is 0. The Morgan fingerprint density at radius 1 is 1.04 bits per heavy atom. The molecule has 1 fully saturated rings. The van der Waals surface area contributed by atoms with Crippen molar-refractivity contribution < 1.29 is 13.9 Å². The van der Waals surface area contributed by atoms with E-state index < -0.39 is 0 Å². The van der Waals surface area contributed by atoms with E-state index in [4.69, 9.17) is 9.47 Å². The van der Waals surface area contributed by atoms with Crippen molar-refractivity contribution >= 4 is 12.4 Å². The first kappa shape index (κ1) is 21.5. The third kappa shape index (κ3) is 5.85. The molecule has 1 heterocycles. The van der Waals surface area contributed by atoms with Crippen LogP contribution in [0.3, 0.4) is 0 Å². The van der Waals surface area contributed by atoms with Crippen LogP contribution < -0.4 is 9.47 Å². The van der Waals surface area contributed by atoms with Crippen LogP contribution >= 0.6 is 12.4 Å². The molecule has 0 aliphatic carbocycles. The SMILES string of the molecule is CCCN1CCC(c2ccc(F)cc2)C(COc2ccc(OC)cc2)C1.Cl. The Hall–Kier alpha value is -1.78. The predicted octanol–water partition coefficient (Wildman–Crippen LogP) is 5.15. The van der Waals surface area contributed by atoms with Gasteiger partial charge in [-0.05, 0) is 73.8 Å². The molecule has 2 unspecified atom stereocenters. The normalized spacial score (nSPS) is 20.0. The van der Waals surface area contributed by atoms with Gasteiger partial charge in [0.25, 0.3) is 0 Å². The number of rotatable bonds is 7. The van der Waals surface area contributed by atoms with Gasteiger partial charge in [-0.3, -0.25) is 0 Å². The number of benzene rings is 2. The average molecular weight is 394 g/mol. The molecule has 1 aliphatic heterocycles. The monoisotopic (exact) mass is 393 g/mol. The van der Waals surface area contributed by atoms with Crippen LogP contribution in [0.2, 0.25) is 0 Å². The van der Waals surface area contributed by atoms with Crippen LogP contribution in [0.15, 0.2) is 48.5 Å². The molecule has 0 N–H and O–H groups in total. The van der Waals surface area contributed by atoms with Gasteiger partial charge in [-0.25, -0.2) is 4.39 Å². The lowest BCUT2D eigenvalue weighted by molar-refractivity contribution is 0.111. The molecule has 0 spiro atoms. The second kappa shape index (κ2) is 10.5. The highest BCUT2D eigenvalue weighted by Gasteiger charge is 2.30. The number of hydrogen-bond donors (Lipinski definition) is 0. The van der Waals surface area contributed by atoms with Crippen molar-refractivity contribution in [2.75, 3.05) is 33.4 Å². The summed E-state index contributed by atoms with van der Waals surface area (Å²) < 4.78 is 24.6. The second-order valence-electron chi connectivity index (χ2n) is 6.99. The minimum Gasteiger partial charge on any atom is -0.497 e. The molecule has 27 heavy (non-hydrogen) atoms. The van der Waals surface area contributed by atoms with Gasteiger partial charge in [0.1, 0.15) is 17.3 Å². The molecule has 0 bridgehead atoms. The summed E-state index contributed by atoms with van der Waals surface area (Å²) in [5.74, 6) is 2.30. The summed E-state index contributed by atoms with van der Waals surface area (Å²) in [5.41, 5.74) is 1.21. The molecular weight excluding hydrogens is 365 g/mol. The molecule has 3 nitrogen and oxygen atoms in total. The van der Waals surface area contributed by atoms with Gasteiger partial charge in [0.05, 0.1) is 13.7 Å². The van der Waals surface area contributed by atoms with Gasteiger partial charge < -0.3 is 14.4 Å². The Morgan fingerprint density at radius 3 is 2.33 bits per heavy atom. The van der Waals surface area contributed by atoms with Gasteiger partial charge in [0.2, 0.25) is 0 Å². The zero-order valence-electron chi connectivity index (χ0n) is 16.1. The molecule has 2 aromatic carbocycles. The standard InChI is InChI=1S/C22H28FNO2.ClH/c1-3-13-24-14-12-22(17-4-6-19(23)7-5-17)18(15-24)16-26-21-10-8-20(25-2)9-11-21;/h4-11,18,22H,3,12-16H2,1-2H3;1H. The van der Waals surface area contributed by atoms with Crippen LogP contribution in [0.5, 0.6) is 11.5 Å². The lowest BCUT2D eigenvalue weighted by atomic mass is 9.81. The van der Waals surface area contributed by atoms with Gasteiger partial charge in [0, 0.05) is 12.5 Å². The van der Waals surface area contributed by atoms with Crippen molar-refractivity contribution in [3.8, 4) is 11.5 Å². The van der Waals surface area contributed by atoms with E-state index in [1.165, 1.54) is 5.56 Å². The average Bonchev–Trinajstić information content (AvgIpc) is 2.68. The van der Waals surface area contributed by atoms with Crippen LogP contribution in [-0.2, 0) is 0 Å². The van der Waals surface area contributed by atoms with Crippen LogP contribution in [0, 0.1) is 11.7 Å². The summed E-state index contributed by atoms with van der Waals surface area (Å²) in [4.78, 5) is 2.52. The molecule has 0 aromatic heterocycles.